The van der Waals surface area contributed by atoms with E-state index in [9.17, 15) is 13.2 Å². The lowest BCUT2D eigenvalue weighted by Crippen LogP contribution is -2.04. The lowest BCUT2D eigenvalue weighted by Gasteiger charge is -2.06. The lowest BCUT2D eigenvalue weighted by molar-refractivity contribution is -0.137. The van der Waals surface area contributed by atoms with Crippen molar-refractivity contribution < 1.29 is 13.2 Å². The molecule has 0 atom stereocenters. The predicted molar refractivity (Wildman–Crippen MR) is 73.3 cm³/mol. The molecule has 0 amide bonds. The van der Waals surface area contributed by atoms with Crippen LogP contribution in [0.4, 0.5) is 13.2 Å². The van der Waals surface area contributed by atoms with E-state index in [4.69, 9.17) is 12.2 Å². The smallest absolute Gasteiger partial charge is 0.331 e. The minimum absolute atomic E-state index is 0.376. The molecule has 0 saturated carbocycles. The number of fused-ring (bicyclic) bond motifs is 1. The average Bonchev–Trinajstić information content (AvgIpc) is 2.97. The predicted octanol–water partition coefficient (Wildman–Crippen LogP) is 4.22. The monoisotopic (exact) mass is 315 g/mol. The molecule has 0 spiro atoms. The maximum Gasteiger partial charge on any atom is 0.416 e. The van der Waals surface area contributed by atoms with Crippen LogP contribution in [0.15, 0.2) is 29.8 Å². The van der Waals surface area contributed by atoms with E-state index in [1.807, 2.05) is 5.38 Å². The lowest BCUT2D eigenvalue weighted by atomic mass is 10.2. The van der Waals surface area contributed by atoms with Gasteiger partial charge < -0.3 is 9.55 Å². The summed E-state index contributed by atoms with van der Waals surface area (Å²) in [6.07, 6.45) is -2.68. The number of halogens is 3. The first-order valence-electron chi connectivity index (χ1n) is 5.63. The topological polar surface area (TPSA) is 33.6 Å². The van der Waals surface area contributed by atoms with Crippen LogP contribution >= 0.6 is 23.6 Å². The minimum Gasteiger partial charge on any atom is -0.331 e. The van der Waals surface area contributed by atoms with Gasteiger partial charge in [0.2, 0.25) is 0 Å². The fourth-order valence-corrected chi connectivity index (χ4v) is 2.84. The number of rotatable bonds is 2. The normalized spacial score (nSPS) is 12.2. The third-order valence-corrected chi connectivity index (χ3v) is 3.97. The van der Waals surface area contributed by atoms with E-state index < -0.39 is 11.7 Å². The summed E-state index contributed by atoms with van der Waals surface area (Å²) in [6.45, 7) is 0.446. The number of H-pyrrole nitrogens is 1. The maximum absolute atomic E-state index is 12.7. The molecule has 3 aromatic rings. The summed E-state index contributed by atoms with van der Waals surface area (Å²) >= 11 is 6.64. The molecule has 0 unspecified atom stereocenters. The zero-order valence-corrected chi connectivity index (χ0v) is 11.6. The number of hydrogen-bond donors (Lipinski definition) is 1. The van der Waals surface area contributed by atoms with E-state index in [-0.39, 0.29) is 0 Å². The molecular formula is C12H8F3N3S2. The van der Waals surface area contributed by atoms with Gasteiger partial charge in [-0.1, -0.05) is 0 Å². The Labute approximate surface area is 120 Å². The Bertz CT molecular complexity index is 800. The van der Waals surface area contributed by atoms with E-state index >= 15 is 0 Å². The number of hydrogen-bond acceptors (Lipinski definition) is 3. The number of benzene rings is 1. The van der Waals surface area contributed by atoms with Crippen molar-refractivity contribution in [3.63, 3.8) is 0 Å². The molecule has 3 nitrogen and oxygen atoms in total. The van der Waals surface area contributed by atoms with Crippen molar-refractivity contribution in [2.24, 2.45) is 0 Å². The van der Waals surface area contributed by atoms with Crippen LogP contribution < -0.4 is 0 Å². The first kappa shape index (κ1) is 13.3. The van der Waals surface area contributed by atoms with E-state index in [1.54, 1.807) is 10.8 Å². The highest BCUT2D eigenvalue weighted by Gasteiger charge is 2.30. The SMILES string of the molecule is FC(F)(F)c1ccc2c(c1)[nH]c(=S)n2Cc1nccs1. The van der Waals surface area contributed by atoms with Gasteiger partial charge in [-0.15, -0.1) is 11.3 Å². The second-order valence-corrected chi connectivity index (χ2v) is 5.54. The van der Waals surface area contributed by atoms with Gasteiger partial charge in [0.25, 0.3) is 0 Å². The molecule has 0 bridgehead atoms. The molecule has 1 N–H and O–H groups in total. The van der Waals surface area contributed by atoms with Crippen LogP contribution in [0.5, 0.6) is 0 Å². The third-order valence-electron chi connectivity index (χ3n) is 2.88. The summed E-state index contributed by atoms with van der Waals surface area (Å²) < 4.78 is 40.1. The van der Waals surface area contributed by atoms with Gasteiger partial charge in [-0.2, -0.15) is 13.2 Å². The highest BCUT2D eigenvalue weighted by Crippen LogP contribution is 2.31. The maximum atomic E-state index is 12.7. The molecule has 8 heteroatoms. The second kappa shape index (κ2) is 4.71. The van der Waals surface area contributed by atoms with Crippen LogP contribution in [0.25, 0.3) is 11.0 Å². The van der Waals surface area contributed by atoms with Crippen molar-refractivity contribution in [1.82, 2.24) is 14.5 Å². The molecule has 0 aliphatic carbocycles. The van der Waals surface area contributed by atoms with Crippen molar-refractivity contribution in [1.29, 1.82) is 0 Å². The Balaban J connectivity index is 2.10. The number of alkyl halides is 3. The molecule has 2 aromatic heterocycles. The molecule has 0 radical (unpaired) electrons. The number of nitrogens with zero attached hydrogens (tertiary/aromatic N) is 2. The van der Waals surface area contributed by atoms with Crippen molar-refractivity contribution >= 4 is 34.6 Å². The first-order valence-corrected chi connectivity index (χ1v) is 6.92. The van der Waals surface area contributed by atoms with E-state index in [0.29, 0.717) is 22.3 Å². The zero-order chi connectivity index (χ0) is 14.3. The Kier molecular flexibility index (Phi) is 3.14. The molecule has 20 heavy (non-hydrogen) atoms. The highest BCUT2D eigenvalue weighted by atomic mass is 32.1. The molecular weight excluding hydrogens is 307 g/mol. The van der Waals surface area contributed by atoms with Gasteiger partial charge in [-0.05, 0) is 30.4 Å². The summed E-state index contributed by atoms with van der Waals surface area (Å²) in [5, 5.41) is 2.69. The summed E-state index contributed by atoms with van der Waals surface area (Å²) in [5.41, 5.74) is 0.322. The van der Waals surface area contributed by atoms with E-state index in [0.717, 1.165) is 17.1 Å². The van der Waals surface area contributed by atoms with Crippen molar-refractivity contribution in [3.8, 4) is 0 Å². The van der Waals surface area contributed by atoms with E-state index in [2.05, 4.69) is 9.97 Å². The summed E-state index contributed by atoms with van der Waals surface area (Å²) in [5.74, 6) is 0. The standard InChI is InChI=1S/C12H8F3N3S2/c13-12(14,15)7-1-2-9-8(5-7)17-11(19)18(9)6-10-16-3-4-20-10/h1-5H,6H2,(H,17,19). The number of aromatic nitrogens is 3. The van der Waals surface area contributed by atoms with Crippen molar-refractivity contribution in [2.45, 2.75) is 12.7 Å². The summed E-state index contributed by atoms with van der Waals surface area (Å²) in [4.78, 5) is 6.96. The highest BCUT2D eigenvalue weighted by molar-refractivity contribution is 7.71. The van der Waals surface area contributed by atoms with Gasteiger partial charge >= 0.3 is 6.18 Å². The molecule has 0 aliphatic rings. The van der Waals surface area contributed by atoms with Crippen molar-refractivity contribution in [2.75, 3.05) is 0 Å². The van der Waals surface area contributed by atoms with E-state index in [1.165, 1.54) is 17.4 Å². The molecule has 0 saturated heterocycles. The van der Waals surface area contributed by atoms with Gasteiger partial charge in [0.1, 0.15) is 5.01 Å². The van der Waals surface area contributed by atoms with Gasteiger partial charge in [0, 0.05) is 11.6 Å². The molecule has 3 rings (SSSR count). The number of aromatic amines is 1. The molecule has 0 aliphatic heterocycles. The molecule has 2 heterocycles. The van der Waals surface area contributed by atoms with Crippen LogP contribution in [-0.4, -0.2) is 14.5 Å². The van der Waals surface area contributed by atoms with Crippen LogP contribution in [0.3, 0.4) is 0 Å². The van der Waals surface area contributed by atoms with Crippen LogP contribution in [-0.2, 0) is 12.7 Å². The quantitative estimate of drug-likeness (QED) is 0.718. The number of nitrogens with one attached hydrogen (secondary N) is 1. The third kappa shape index (κ3) is 2.36. The minimum atomic E-state index is -4.36. The fourth-order valence-electron chi connectivity index (χ4n) is 1.96. The zero-order valence-electron chi connectivity index (χ0n) is 9.94. The van der Waals surface area contributed by atoms with Crippen LogP contribution in [0, 0.1) is 4.77 Å². The van der Waals surface area contributed by atoms with Crippen LogP contribution in [0.1, 0.15) is 10.6 Å². The van der Waals surface area contributed by atoms with Gasteiger partial charge in [-0.3, -0.25) is 0 Å². The second-order valence-electron chi connectivity index (χ2n) is 4.17. The Morgan fingerprint density at radius 2 is 2.15 bits per heavy atom. The van der Waals surface area contributed by atoms with Crippen molar-refractivity contribution in [3.05, 3.63) is 45.1 Å². The molecule has 0 fully saturated rings. The summed E-state index contributed by atoms with van der Waals surface area (Å²) in [6, 6.07) is 3.56. The Morgan fingerprint density at radius 3 is 2.80 bits per heavy atom. The summed E-state index contributed by atoms with van der Waals surface area (Å²) in [7, 11) is 0. The van der Waals surface area contributed by atoms with Crippen LogP contribution in [0.2, 0.25) is 0 Å². The van der Waals surface area contributed by atoms with Gasteiger partial charge in [0.15, 0.2) is 4.77 Å². The van der Waals surface area contributed by atoms with Gasteiger partial charge in [0.05, 0.1) is 23.1 Å². The largest absolute Gasteiger partial charge is 0.416 e. The van der Waals surface area contributed by atoms with Gasteiger partial charge in [-0.25, -0.2) is 4.98 Å². The molecule has 104 valence electrons. The number of thiazole rings is 1. The number of imidazole rings is 1. The Hall–Kier alpha value is -1.67. The molecule has 1 aromatic carbocycles. The average molecular weight is 315 g/mol. The Morgan fingerprint density at radius 1 is 1.35 bits per heavy atom. The first-order chi connectivity index (χ1) is 9.45. The fraction of sp³-hybridized carbons (Fsp3) is 0.167.